The Morgan fingerprint density at radius 2 is 0.303 bits per heavy atom. The fourth-order valence-electron chi connectivity index (χ4n) is 5.58. The number of nitrogens with zero attached hydrogens (tertiary/aromatic N) is 8. The van der Waals surface area contributed by atoms with Gasteiger partial charge in [-0.3, -0.25) is 8.97 Å². The zero-order valence-electron chi connectivity index (χ0n) is 32.4. The molecule has 8 heterocycles. The summed E-state index contributed by atoms with van der Waals surface area (Å²) < 4.78 is 1.67. The largest absolute Gasteiger partial charge is 2.00 e. The molecule has 0 aliphatic carbocycles. The Labute approximate surface area is 498 Å². The molecule has 0 saturated carbocycles. The number of rotatable bonds is 2. The van der Waals surface area contributed by atoms with Crippen molar-refractivity contribution in [2.24, 2.45) is 0 Å². The van der Waals surface area contributed by atoms with Crippen molar-refractivity contribution in [2.45, 2.75) is 0 Å². The maximum absolute atomic E-state index is 9.32. The molecule has 52 heteroatoms. The predicted molar refractivity (Wildman–Crippen MR) is 123 cm³/mol. The van der Waals surface area contributed by atoms with Gasteiger partial charge in [0.15, 0.2) is 13.5 Å². The minimum atomic E-state index is 0. The van der Waals surface area contributed by atoms with Crippen LogP contribution in [0, 0.1) is 0 Å². The molecular weight excluding hydrogens is 1330 g/mol. The molecule has 8 saturated heterocycles. The van der Waals surface area contributed by atoms with Crippen LogP contribution in [-0.2, 0) is 317 Å². The van der Waals surface area contributed by atoms with E-state index in [1.165, 1.54) is 0 Å². The van der Waals surface area contributed by atoms with Gasteiger partial charge in [-0.15, -0.1) is 0 Å². The maximum atomic E-state index is 9.32. The average molecular weight is 1380 g/mol. The minimum absolute atomic E-state index is 0. The molecule has 42 nitrogen and oxygen atoms in total. The van der Waals surface area contributed by atoms with E-state index < -0.39 is 0 Å². The molecule has 0 aromatic rings. The first-order chi connectivity index (χ1) is 11.6. The van der Waals surface area contributed by atoms with E-state index in [-0.39, 0.29) is 374 Å². The van der Waals surface area contributed by atoms with Gasteiger partial charge in [-0.05, 0) is 0 Å². The van der Waals surface area contributed by atoms with Crippen LogP contribution in [0.5, 0.6) is 0 Å². The first kappa shape index (κ1) is 324. The third kappa shape index (κ3) is 74.7. The topological polar surface area (TPSA) is 990 Å². The SMILES string of the molecule is O.O.O.O.OC[N+]12CN3CN(CN(C3)C1)C2.OC[N+]12CN3CN(CN(C3)C1)C2.[O-2].[O-2].[O-2].[O-2].[O-2].[O-2].[O-2].[O-2].[O-2].[O-2].[O-2].[O-2].[O-2].[O-2].[O-2].[O-2].[O-2].[O-2].[O-2].[O-2].[O-2].[O-2].[O-2].[O-2].[OH-].[OH-].[OH-].[OH-].[V].[V].[V].[V].[V].[V].[V].[V].[V].[V]. The van der Waals surface area contributed by atoms with E-state index in [9.17, 15) is 10.2 Å². The van der Waals surface area contributed by atoms with Gasteiger partial charge >= 0.3 is 0 Å². The van der Waals surface area contributed by atoms with Crippen molar-refractivity contribution in [3.63, 3.8) is 0 Å². The normalized spacial score (nSPS) is 20.5. The molecule has 8 aliphatic heterocycles. The summed E-state index contributed by atoms with van der Waals surface area (Å²) in [5.74, 6) is 0. The number of hydrogen-bond donors (Lipinski definition) is 2. The van der Waals surface area contributed by atoms with E-state index >= 15 is 0 Å². The van der Waals surface area contributed by atoms with Gasteiger partial charge in [-0.1, -0.05) is 0 Å². The summed E-state index contributed by atoms with van der Waals surface area (Å²) >= 11 is 0. The summed E-state index contributed by atoms with van der Waals surface area (Å²) in [6.45, 7) is 13.3. The summed E-state index contributed by atoms with van der Waals surface area (Å²) in [4.78, 5) is 14.4. The minimum Gasteiger partial charge on any atom is -2.00 e. The fourth-order valence-corrected chi connectivity index (χ4v) is 5.58. The van der Waals surface area contributed by atoms with Crippen LogP contribution in [0.1, 0.15) is 0 Å². The Hall–Kier alpha value is 4.16. The Kier molecular flexibility index (Phi) is 681. The molecule has 442 valence electrons. The molecule has 14 N–H and O–H groups in total. The smallest absolute Gasteiger partial charge is 0.183 e. The quantitative estimate of drug-likeness (QED) is 0.244. The molecule has 0 spiro atoms. The van der Waals surface area contributed by atoms with Crippen LogP contribution in [0.25, 0.3) is 0 Å². The van der Waals surface area contributed by atoms with Crippen molar-refractivity contribution in [3.05, 3.63) is 0 Å². The molecule has 0 atom stereocenters. The summed E-state index contributed by atoms with van der Waals surface area (Å²) in [5.41, 5.74) is 0. The second-order valence-electron chi connectivity index (χ2n) is 8.69. The van der Waals surface area contributed by atoms with Crippen molar-refractivity contribution in [3.8, 4) is 0 Å². The second kappa shape index (κ2) is 139. The van der Waals surface area contributed by atoms with Crippen LogP contribution < -0.4 is 0 Å². The monoisotopic (exact) mass is 1380 g/mol. The van der Waals surface area contributed by atoms with Crippen molar-refractivity contribution < 1.29 is 380 Å². The van der Waals surface area contributed by atoms with Crippen LogP contribution in [0.4, 0.5) is 0 Å². The summed E-state index contributed by atoms with van der Waals surface area (Å²) in [5, 5.41) is 18.6. The van der Waals surface area contributed by atoms with Gasteiger partial charge in [-0.25, -0.2) is 29.4 Å². The molecule has 66 heavy (non-hydrogen) atoms. The number of aliphatic hydroxyl groups excluding tert-OH is 2. The summed E-state index contributed by atoms with van der Waals surface area (Å²) in [6.07, 6.45) is 0. The zero-order valence-corrected chi connectivity index (χ0v) is 46.4. The van der Waals surface area contributed by atoms with Gasteiger partial charge < -0.3 is 185 Å². The van der Waals surface area contributed by atoms with Crippen molar-refractivity contribution in [2.75, 3.05) is 93.5 Å². The second-order valence-corrected chi connectivity index (χ2v) is 8.69. The Balaban J connectivity index is -0.00000000403. The van der Waals surface area contributed by atoms with Crippen LogP contribution in [0.2, 0.25) is 0 Å². The molecule has 8 aliphatic rings. The van der Waals surface area contributed by atoms with Crippen LogP contribution >= 0.6 is 0 Å². The fraction of sp³-hybridized carbons (Fsp3) is 1.00. The maximum Gasteiger partial charge on any atom is 0.183 e. The van der Waals surface area contributed by atoms with Gasteiger partial charge in [-0.2, -0.15) is 0 Å². The van der Waals surface area contributed by atoms with Crippen molar-refractivity contribution in [1.82, 2.24) is 29.4 Å². The number of aliphatic hydroxyl groups is 2. The molecule has 0 unspecified atom stereocenters. The molecule has 0 amide bonds. The van der Waals surface area contributed by atoms with E-state index in [0.29, 0.717) is 0 Å². The van der Waals surface area contributed by atoms with Crippen LogP contribution in [0.15, 0.2) is 0 Å². The third-order valence-corrected chi connectivity index (χ3v) is 6.00. The van der Waals surface area contributed by atoms with E-state index in [2.05, 4.69) is 29.4 Å². The zero-order chi connectivity index (χ0) is 16.4. The van der Waals surface area contributed by atoms with Crippen LogP contribution in [0.3, 0.4) is 0 Å². The van der Waals surface area contributed by atoms with Gasteiger partial charge in [0.05, 0.1) is 40.0 Å². The molecule has 8 bridgehead atoms. The number of quaternary nitrogens is 2. The van der Waals surface area contributed by atoms with E-state index in [0.717, 1.165) is 89.0 Å². The van der Waals surface area contributed by atoms with Crippen LogP contribution in [-0.4, -0.2) is 186 Å². The molecule has 0 aromatic heterocycles. The molecular formula is C14H42N8O34V10-50. The standard InChI is InChI=1S/2C7H15N4O.8H2O.24O.10V/c2*12-7-11-4-8-1-9(5-11)3-10(2-8)6-11;;;;;;;;;;;;;;;;;;;;;;;;;;;;;;;;;;;;;;;;;;/h2*12H,1-7H2;8*1H2;;;;;;;;;;;;;;;;;;;;;;;;;;;;;;;;;;/q2*+1;;;;;;;;;24*-2;;;;;;;;;;/p-4. The van der Waals surface area contributed by atoms with E-state index in [1.54, 1.807) is 0 Å². The van der Waals surface area contributed by atoms with Gasteiger partial charge in [0.2, 0.25) is 0 Å². The van der Waals surface area contributed by atoms with Crippen molar-refractivity contribution in [1.29, 1.82) is 0 Å². The molecule has 0 aromatic carbocycles. The molecule has 10 radical (unpaired) electrons. The van der Waals surface area contributed by atoms with Crippen molar-refractivity contribution >= 4 is 0 Å². The van der Waals surface area contributed by atoms with Gasteiger partial charge in [0.1, 0.15) is 40.0 Å². The predicted octanol–water partition coefficient (Wildman–Crippen LogP) is -9.99. The summed E-state index contributed by atoms with van der Waals surface area (Å²) in [6, 6.07) is 0. The third-order valence-electron chi connectivity index (χ3n) is 6.00. The van der Waals surface area contributed by atoms with Gasteiger partial charge in [0, 0.05) is 186 Å². The Bertz CT molecular complexity index is 473. The first-order valence-corrected chi connectivity index (χ1v) is 8.85. The molecule has 8 fully saturated rings. The molecule has 8 rings (SSSR count). The van der Waals surface area contributed by atoms with E-state index in [1.807, 2.05) is 0 Å². The van der Waals surface area contributed by atoms with E-state index in [4.69, 9.17) is 0 Å². The number of hydrogen-bond acceptors (Lipinski definition) is 12. The van der Waals surface area contributed by atoms with Gasteiger partial charge in [0.25, 0.3) is 0 Å². The first-order valence-electron chi connectivity index (χ1n) is 8.85. The Morgan fingerprint density at radius 3 is 0.364 bits per heavy atom. The Morgan fingerprint density at radius 1 is 0.227 bits per heavy atom. The average Bonchev–Trinajstić information content (AvgIpc) is 2.53. The summed E-state index contributed by atoms with van der Waals surface area (Å²) in [7, 11) is 0.